The van der Waals surface area contributed by atoms with Crippen LogP contribution in [0.2, 0.25) is 0 Å². The number of hydrogen-bond donors (Lipinski definition) is 4. The monoisotopic (exact) mass is 539 g/mol. The van der Waals surface area contributed by atoms with Crippen LogP contribution in [-0.4, -0.2) is 69.1 Å². The molecule has 12 nitrogen and oxygen atoms in total. The molecule has 2 amide bonds. The number of fused-ring (bicyclic) bond motifs is 1. The summed E-state index contributed by atoms with van der Waals surface area (Å²) in [7, 11) is 0. The first-order valence-corrected chi connectivity index (χ1v) is 13.5. The Kier molecular flexibility index (Phi) is 9.28. The number of ether oxygens (including phenoxy) is 1. The number of carboxylic acids is 1. The van der Waals surface area contributed by atoms with E-state index in [1.165, 1.54) is 18.5 Å². The van der Waals surface area contributed by atoms with Crippen molar-refractivity contribution < 1.29 is 24.2 Å². The molecule has 0 aliphatic carbocycles. The number of pyridine rings is 1. The Morgan fingerprint density at radius 2 is 2.05 bits per heavy atom. The summed E-state index contributed by atoms with van der Waals surface area (Å²) >= 11 is 0. The zero-order chi connectivity index (χ0) is 27.8. The van der Waals surface area contributed by atoms with E-state index < -0.39 is 30.1 Å². The maximum absolute atomic E-state index is 13.4. The summed E-state index contributed by atoms with van der Waals surface area (Å²) in [6.07, 6.45) is 9.56. The molecule has 1 saturated heterocycles. The Labute approximate surface area is 227 Å². The number of carbonyl (C=O) groups excluding carboxylic acids is 2. The Morgan fingerprint density at radius 1 is 1.26 bits per heavy atom. The summed E-state index contributed by atoms with van der Waals surface area (Å²) in [5.74, 6) is -0.519. The predicted molar refractivity (Wildman–Crippen MR) is 143 cm³/mol. The lowest BCUT2D eigenvalue weighted by molar-refractivity contribution is -0.145. The molecular formula is C27H37N7O5. The van der Waals surface area contributed by atoms with E-state index in [4.69, 9.17) is 4.74 Å². The van der Waals surface area contributed by atoms with Gasteiger partial charge >= 0.3 is 12.1 Å². The van der Waals surface area contributed by atoms with E-state index in [-0.39, 0.29) is 24.0 Å². The molecule has 2 aliphatic heterocycles. The number of carboxylic acid groups (broad SMARTS) is 1. The minimum absolute atomic E-state index is 0.0659. The van der Waals surface area contributed by atoms with Crippen molar-refractivity contribution in [3.05, 3.63) is 47.8 Å². The van der Waals surface area contributed by atoms with E-state index in [9.17, 15) is 19.5 Å². The topological polar surface area (TPSA) is 160 Å². The van der Waals surface area contributed by atoms with Crippen LogP contribution in [-0.2, 0) is 26.4 Å². The highest BCUT2D eigenvalue weighted by Gasteiger charge is 2.44. The van der Waals surface area contributed by atoms with Crippen molar-refractivity contribution in [1.82, 2.24) is 35.7 Å². The molecule has 0 saturated carbocycles. The molecule has 1 unspecified atom stereocenters. The molecule has 4 heterocycles. The Morgan fingerprint density at radius 3 is 2.74 bits per heavy atom. The van der Waals surface area contributed by atoms with Gasteiger partial charge in [0.1, 0.15) is 5.82 Å². The molecule has 2 aromatic heterocycles. The standard InChI is InChI=1S/C27H37N7O5/c1-18(2)16-39-26(38)31-27(25(36)37,20-5-3-11-29-15-20)17-30-24(35)21-6-4-14-34-22(32-33-23(21)34)8-7-19-9-12-28-13-10-19/h3,5,7-8,11,15,18-19,21,28H,4,6,9-10,12-14,16-17H2,1-2H3,(H,30,35)(H,31,38)(H,36,37)/b8-7+/t21?,27-/m1/s1. The summed E-state index contributed by atoms with van der Waals surface area (Å²) in [5, 5.41) is 27.5. The van der Waals surface area contributed by atoms with E-state index in [1.807, 2.05) is 24.5 Å². The lowest BCUT2D eigenvalue weighted by atomic mass is 9.90. The number of carbonyl (C=O) groups is 3. The van der Waals surface area contributed by atoms with Gasteiger partial charge in [-0.05, 0) is 62.8 Å². The van der Waals surface area contributed by atoms with Crippen molar-refractivity contribution in [2.45, 2.75) is 57.5 Å². The van der Waals surface area contributed by atoms with Gasteiger partial charge in [0.15, 0.2) is 11.4 Å². The molecule has 4 rings (SSSR count). The van der Waals surface area contributed by atoms with Gasteiger partial charge in [-0.3, -0.25) is 15.1 Å². The molecule has 0 aromatic carbocycles. The van der Waals surface area contributed by atoms with Gasteiger partial charge in [0.25, 0.3) is 0 Å². The smallest absolute Gasteiger partial charge is 0.408 e. The number of aromatic nitrogens is 4. The first kappa shape index (κ1) is 28.2. The Balaban J connectivity index is 1.51. The van der Waals surface area contributed by atoms with Gasteiger partial charge in [-0.25, -0.2) is 9.59 Å². The molecule has 1 fully saturated rings. The van der Waals surface area contributed by atoms with Crippen LogP contribution in [0, 0.1) is 11.8 Å². The molecule has 0 radical (unpaired) electrons. The number of nitrogens with one attached hydrogen (secondary N) is 3. The summed E-state index contributed by atoms with van der Waals surface area (Å²) in [6, 6.07) is 3.10. The molecule has 2 aromatic rings. The van der Waals surface area contributed by atoms with Gasteiger partial charge in [0.2, 0.25) is 5.91 Å². The highest BCUT2D eigenvalue weighted by molar-refractivity contribution is 5.88. The average Bonchev–Trinajstić information content (AvgIpc) is 3.37. The normalized spacial score (nSPS) is 19.3. The van der Waals surface area contributed by atoms with E-state index in [2.05, 4.69) is 37.2 Å². The third-order valence-electron chi connectivity index (χ3n) is 7.12. The minimum atomic E-state index is -1.98. The Bertz CT molecular complexity index is 1180. The second-order valence-electron chi connectivity index (χ2n) is 10.5. The number of hydrogen-bond acceptors (Lipinski definition) is 8. The number of alkyl carbamates (subject to hydrolysis) is 1. The fourth-order valence-electron chi connectivity index (χ4n) is 4.91. The number of piperidine rings is 1. The second kappa shape index (κ2) is 12.8. The van der Waals surface area contributed by atoms with Crippen LogP contribution in [0.1, 0.15) is 62.7 Å². The van der Waals surface area contributed by atoms with Crippen LogP contribution in [0.5, 0.6) is 0 Å². The van der Waals surface area contributed by atoms with Crippen molar-refractivity contribution in [2.24, 2.45) is 11.8 Å². The van der Waals surface area contributed by atoms with Crippen LogP contribution in [0.15, 0.2) is 30.6 Å². The van der Waals surface area contributed by atoms with Crippen LogP contribution >= 0.6 is 0 Å². The van der Waals surface area contributed by atoms with E-state index in [0.717, 1.165) is 32.4 Å². The number of allylic oxidation sites excluding steroid dienone is 1. The molecule has 2 atom stereocenters. The first-order valence-electron chi connectivity index (χ1n) is 13.5. The largest absolute Gasteiger partial charge is 0.479 e. The van der Waals surface area contributed by atoms with Crippen molar-refractivity contribution in [2.75, 3.05) is 26.2 Å². The highest BCUT2D eigenvalue weighted by atomic mass is 16.5. The molecule has 4 N–H and O–H groups in total. The van der Waals surface area contributed by atoms with Gasteiger partial charge in [-0.1, -0.05) is 26.0 Å². The predicted octanol–water partition coefficient (Wildman–Crippen LogP) is 2.04. The van der Waals surface area contributed by atoms with Gasteiger partial charge in [-0.15, -0.1) is 10.2 Å². The Hall–Kier alpha value is -3.80. The quantitative estimate of drug-likeness (QED) is 0.354. The van der Waals surface area contributed by atoms with Crippen molar-refractivity contribution in [1.29, 1.82) is 0 Å². The van der Waals surface area contributed by atoms with Crippen LogP contribution in [0.4, 0.5) is 4.79 Å². The summed E-state index contributed by atoms with van der Waals surface area (Å²) in [6.45, 7) is 6.15. The second-order valence-corrected chi connectivity index (χ2v) is 10.5. The van der Waals surface area contributed by atoms with E-state index in [1.54, 1.807) is 6.07 Å². The van der Waals surface area contributed by atoms with Crippen LogP contribution < -0.4 is 16.0 Å². The first-order chi connectivity index (χ1) is 18.8. The van der Waals surface area contributed by atoms with Crippen LogP contribution in [0.25, 0.3) is 6.08 Å². The van der Waals surface area contributed by atoms with Crippen molar-refractivity contribution in [3.63, 3.8) is 0 Å². The van der Waals surface area contributed by atoms with Gasteiger partial charge in [0.05, 0.1) is 19.1 Å². The molecule has 12 heteroatoms. The van der Waals surface area contributed by atoms with Gasteiger partial charge < -0.3 is 25.0 Å². The number of aliphatic carboxylic acids is 1. The molecular weight excluding hydrogens is 502 g/mol. The zero-order valence-corrected chi connectivity index (χ0v) is 22.4. The van der Waals surface area contributed by atoms with Gasteiger partial charge in [-0.2, -0.15) is 0 Å². The molecule has 0 bridgehead atoms. The van der Waals surface area contributed by atoms with E-state index >= 15 is 0 Å². The SMILES string of the molecule is CC(C)COC(=O)N[C@@](CNC(=O)C1CCCn2c(/C=C/C3CCNCC3)nnc21)(C(=O)O)c1cccnc1. The molecule has 2 aliphatic rings. The maximum Gasteiger partial charge on any atom is 0.408 e. The molecule has 39 heavy (non-hydrogen) atoms. The fourth-order valence-corrected chi connectivity index (χ4v) is 4.91. The fraction of sp³-hybridized carbons (Fsp3) is 0.556. The summed E-state index contributed by atoms with van der Waals surface area (Å²) < 4.78 is 7.15. The van der Waals surface area contributed by atoms with Crippen molar-refractivity contribution in [3.8, 4) is 0 Å². The zero-order valence-electron chi connectivity index (χ0n) is 22.4. The summed E-state index contributed by atoms with van der Waals surface area (Å²) in [4.78, 5) is 42.6. The average molecular weight is 540 g/mol. The third-order valence-corrected chi connectivity index (χ3v) is 7.12. The maximum atomic E-state index is 13.4. The minimum Gasteiger partial charge on any atom is -0.479 e. The van der Waals surface area contributed by atoms with Crippen LogP contribution in [0.3, 0.4) is 0 Å². The molecule has 0 spiro atoms. The lowest BCUT2D eigenvalue weighted by Gasteiger charge is -2.31. The van der Waals surface area contributed by atoms with E-state index in [0.29, 0.717) is 30.5 Å². The number of nitrogens with zero attached hydrogens (tertiary/aromatic N) is 4. The number of rotatable bonds is 10. The third kappa shape index (κ3) is 6.80. The van der Waals surface area contributed by atoms with Gasteiger partial charge in [0, 0.05) is 24.5 Å². The summed E-state index contributed by atoms with van der Waals surface area (Å²) in [5.41, 5.74) is -1.78. The van der Waals surface area contributed by atoms with Crippen molar-refractivity contribution >= 4 is 24.0 Å². The molecule has 210 valence electrons. The number of amides is 2. The highest BCUT2D eigenvalue weighted by Crippen LogP contribution is 2.28. The lowest BCUT2D eigenvalue weighted by Crippen LogP contribution is -2.59.